The Balaban J connectivity index is 1.53. The minimum atomic E-state index is -0.650. The lowest BCUT2D eigenvalue weighted by molar-refractivity contribution is 0.0292. The molecule has 0 bridgehead atoms. The number of phenolic OH excluding ortho intramolecular Hbond substituents is 1. The van der Waals surface area contributed by atoms with Crippen molar-refractivity contribution in [3.8, 4) is 23.0 Å². The molecule has 202 valence electrons. The quantitative estimate of drug-likeness (QED) is 0.449. The second-order valence-corrected chi connectivity index (χ2v) is 11.3. The summed E-state index contributed by atoms with van der Waals surface area (Å²) in [5, 5.41) is 11.0. The van der Waals surface area contributed by atoms with Crippen LogP contribution in [-0.2, 0) is 4.74 Å². The highest BCUT2D eigenvalue weighted by atomic mass is 35.5. The average Bonchev–Trinajstić information content (AvgIpc) is 3.55. The molecule has 0 radical (unpaired) electrons. The van der Waals surface area contributed by atoms with Crippen molar-refractivity contribution >= 4 is 34.4 Å². The number of aromatic nitrogens is 3. The lowest BCUT2D eigenvalue weighted by atomic mass is 9.98. The Bertz CT molecular complexity index is 1410. The first-order valence-corrected chi connectivity index (χ1v) is 13.0. The number of methoxy groups -OCH3 is 1. The fourth-order valence-electron chi connectivity index (χ4n) is 4.88. The van der Waals surface area contributed by atoms with Crippen molar-refractivity contribution in [2.45, 2.75) is 57.6 Å². The molecule has 1 aromatic carbocycles. The molecule has 3 heterocycles. The van der Waals surface area contributed by atoms with Crippen molar-refractivity contribution in [3.63, 3.8) is 0 Å². The van der Waals surface area contributed by atoms with Gasteiger partial charge in [-0.15, -0.1) is 0 Å². The highest BCUT2D eigenvalue weighted by Crippen LogP contribution is 2.49. The Morgan fingerprint density at radius 1 is 1.24 bits per heavy atom. The SMILES string of the molecule is COc1nc(N(C)C2CCN(C(=O)OC(C)(C)C)C2)c2cnc(-c3cc(O)cc(Cl)c3C3CC3)c(F)c2n1. The van der Waals surface area contributed by atoms with Crippen LogP contribution in [0.4, 0.5) is 15.0 Å². The van der Waals surface area contributed by atoms with Crippen LogP contribution in [0.5, 0.6) is 11.8 Å². The monoisotopic (exact) mass is 543 g/mol. The van der Waals surface area contributed by atoms with E-state index in [1.54, 1.807) is 4.90 Å². The molecule has 9 nitrogen and oxygen atoms in total. The summed E-state index contributed by atoms with van der Waals surface area (Å²) in [5.41, 5.74) is 0.752. The topological polar surface area (TPSA) is 101 Å². The van der Waals surface area contributed by atoms with Gasteiger partial charge in [-0.3, -0.25) is 4.98 Å². The van der Waals surface area contributed by atoms with Gasteiger partial charge in [0.2, 0.25) is 0 Å². The van der Waals surface area contributed by atoms with Gasteiger partial charge in [-0.05, 0) is 63.6 Å². The Morgan fingerprint density at radius 3 is 2.63 bits per heavy atom. The van der Waals surface area contributed by atoms with Crippen LogP contribution in [0.25, 0.3) is 22.2 Å². The number of pyridine rings is 1. The number of carbonyl (C=O) groups is 1. The number of nitrogens with zero attached hydrogens (tertiary/aromatic N) is 5. The van der Waals surface area contributed by atoms with E-state index in [1.807, 2.05) is 32.7 Å². The number of anilines is 1. The predicted octanol–water partition coefficient (Wildman–Crippen LogP) is 5.52. The van der Waals surface area contributed by atoms with Gasteiger partial charge in [-0.2, -0.15) is 9.97 Å². The number of fused-ring (bicyclic) bond motifs is 1. The smallest absolute Gasteiger partial charge is 0.410 e. The maximum absolute atomic E-state index is 16.1. The number of likely N-dealkylation sites (N-methyl/N-ethyl adjacent to an activating group) is 1. The van der Waals surface area contributed by atoms with Crippen LogP contribution >= 0.6 is 11.6 Å². The van der Waals surface area contributed by atoms with Gasteiger partial charge in [0, 0.05) is 43.0 Å². The molecule has 1 aliphatic heterocycles. The van der Waals surface area contributed by atoms with Crippen LogP contribution in [0.1, 0.15) is 51.5 Å². The van der Waals surface area contributed by atoms with Crippen molar-refractivity contribution < 1.29 is 23.8 Å². The molecule has 1 saturated heterocycles. The Hall–Kier alpha value is -3.40. The average molecular weight is 544 g/mol. The molecule has 3 aromatic rings. The molecule has 2 aromatic heterocycles. The molecular formula is C27H31ClFN5O4. The molecule has 0 spiro atoms. The minimum absolute atomic E-state index is 0.00810. The Morgan fingerprint density at radius 2 is 1.97 bits per heavy atom. The summed E-state index contributed by atoms with van der Waals surface area (Å²) in [5.74, 6) is -0.0699. The third-order valence-corrected chi connectivity index (χ3v) is 7.19. The Labute approximate surface area is 225 Å². The molecule has 1 amide bonds. The number of aromatic hydroxyl groups is 1. The summed E-state index contributed by atoms with van der Waals surface area (Å²) >= 11 is 6.45. The number of phenols is 1. The fraction of sp³-hybridized carbons (Fsp3) is 0.481. The molecule has 11 heteroatoms. The van der Waals surface area contributed by atoms with Crippen molar-refractivity contribution in [3.05, 3.63) is 34.7 Å². The van der Waals surface area contributed by atoms with Crippen LogP contribution in [0, 0.1) is 5.82 Å². The van der Waals surface area contributed by atoms with E-state index in [4.69, 9.17) is 21.1 Å². The maximum atomic E-state index is 16.1. The molecule has 1 unspecified atom stereocenters. The Kier molecular flexibility index (Phi) is 6.71. The lowest BCUT2D eigenvalue weighted by Gasteiger charge is -2.28. The number of rotatable bonds is 5. The number of likely N-dealkylation sites (tertiary alicyclic amines) is 1. The van der Waals surface area contributed by atoms with Crippen LogP contribution in [0.3, 0.4) is 0 Å². The first kappa shape index (κ1) is 26.2. The second kappa shape index (κ2) is 9.72. The highest BCUT2D eigenvalue weighted by molar-refractivity contribution is 6.32. The van der Waals surface area contributed by atoms with E-state index in [-0.39, 0.29) is 41.0 Å². The van der Waals surface area contributed by atoms with E-state index in [2.05, 4.69) is 15.0 Å². The van der Waals surface area contributed by atoms with Crippen LogP contribution in [0.2, 0.25) is 5.02 Å². The summed E-state index contributed by atoms with van der Waals surface area (Å²) in [4.78, 5) is 29.4. The molecule has 1 saturated carbocycles. The van der Waals surface area contributed by atoms with Gasteiger partial charge < -0.3 is 24.4 Å². The minimum Gasteiger partial charge on any atom is -0.508 e. The van der Waals surface area contributed by atoms with E-state index in [0.29, 0.717) is 41.3 Å². The summed E-state index contributed by atoms with van der Waals surface area (Å²) in [6.07, 6.45) is 3.74. The first-order valence-electron chi connectivity index (χ1n) is 12.6. The van der Waals surface area contributed by atoms with Crippen molar-refractivity contribution in [1.29, 1.82) is 0 Å². The van der Waals surface area contributed by atoms with E-state index in [1.165, 1.54) is 25.4 Å². The van der Waals surface area contributed by atoms with Gasteiger partial charge in [-0.25, -0.2) is 9.18 Å². The number of carbonyl (C=O) groups excluding carboxylic acids is 1. The number of hydrogen-bond donors (Lipinski definition) is 1. The molecule has 1 aliphatic carbocycles. The standard InChI is InChI=1S/C27H31ClFN5O4/c1-27(2,3)38-26(36)34-9-8-15(13-34)33(4)24-18-12-30-22(21(29)23(18)31-25(32-24)37-5)17-10-16(35)11-19(28)20(17)14-6-7-14/h10-12,14-15,35H,6-9,13H2,1-5H3. The lowest BCUT2D eigenvalue weighted by Crippen LogP contribution is -2.39. The number of benzene rings is 1. The molecule has 5 rings (SSSR count). The molecule has 1 N–H and O–H groups in total. The normalized spacial score (nSPS) is 17.7. The zero-order chi connectivity index (χ0) is 27.4. The number of ether oxygens (including phenoxy) is 2. The van der Waals surface area contributed by atoms with E-state index in [0.717, 1.165) is 18.4 Å². The van der Waals surface area contributed by atoms with Crippen LogP contribution in [-0.4, -0.2) is 69.9 Å². The highest BCUT2D eigenvalue weighted by Gasteiger charge is 2.34. The first-order chi connectivity index (χ1) is 18.0. The summed E-state index contributed by atoms with van der Waals surface area (Å²) in [7, 11) is 3.27. The van der Waals surface area contributed by atoms with Gasteiger partial charge in [0.1, 0.15) is 28.4 Å². The second-order valence-electron chi connectivity index (χ2n) is 10.9. The van der Waals surface area contributed by atoms with E-state index < -0.39 is 11.4 Å². The molecular weight excluding hydrogens is 513 g/mol. The van der Waals surface area contributed by atoms with Crippen LogP contribution in [0.15, 0.2) is 18.3 Å². The number of halogens is 2. The summed E-state index contributed by atoms with van der Waals surface area (Å²) in [6, 6.07) is 2.89. The van der Waals surface area contributed by atoms with Gasteiger partial charge in [0.05, 0.1) is 12.5 Å². The summed E-state index contributed by atoms with van der Waals surface area (Å²) < 4.78 is 27.0. The van der Waals surface area contributed by atoms with Gasteiger partial charge >= 0.3 is 12.1 Å². The summed E-state index contributed by atoms with van der Waals surface area (Å²) in [6.45, 7) is 6.46. The fourth-order valence-corrected chi connectivity index (χ4v) is 5.25. The van der Waals surface area contributed by atoms with Gasteiger partial charge in [0.15, 0.2) is 5.82 Å². The molecule has 2 fully saturated rings. The number of amides is 1. The zero-order valence-corrected chi connectivity index (χ0v) is 22.8. The maximum Gasteiger partial charge on any atom is 0.410 e. The van der Waals surface area contributed by atoms with Crippen molar-refractivity contribution in [2.75, 3.05) is 32.1 Å². The van der Waals surface area contributed by atoms with Gasteiger partial charge in [0.25, 0.3) is 0 Å². The van der Waals surface area contributed by atoms with Crippen LogP contribution < -0.4 is 9.64 Å². The van der Waals surface area contributed by atoms with E-state index in [9.17, 15) is 9.90 Å². The van der Waals surface area contributed by atoms with E-state index >= 15 is 4.39 Å². The molecule has 1 atom stereocenters. The largest absolute Gasteiger partial charge is 0.508 e. The van der Waals surface area contributed by atoms with Crippen molar-refractivity contribution in [2.24, 2.45) is 0 Å². The third-order valence-electron chi connectivity index (χ3n) is 6.88. The molecule has 2 aliphatic rings. The van der Waals surface area contributed by atoms with Crippen molar-refractivity contribution in [1.82, 2.24) is 19.9 Å². The third kappa shape index (κ3) is 5.01. The number of hydrogen-bond acceptors (Lipinski definition) is 8. The predicted molar refractivity (Wildman–Crippen MR) is 143 cm³/mol. The van der Waals surface area contributed by atoms with Gasteiger partial charge in [-0.1, -0.05) is 11.6 Å². The zero-order valence-electron chi connectivity index (χ0n) is 22.1. The molecule has 38 heavy (non-hydrogen) atoms.